The van der Waals surface area contributed by atoms with Gasteiger partial charge >= 0.3 is 0 Å². The van der Waals surface area contributed by atoms with Crippen molar-refractivity contribution in [1.82, 2.24) is 0 Å². The van der Waals surface area contributed by atoms with Crippen LogP contribution in [0.4, 0.5) is 5.69 Å². The fourth-order valence-corrected chi connectivity index (χ4v) is 2.86. The van der Waals surface area contributed by atoms with Crippen molar-refractivity contribution in [3.05, 3.63) is 65.2 Å². The van der Waals surface area contributed by atoms with Gasteiger partial charge in [-0.1, -0.05) is 24.3 Å². The summed E-state index contributed by atoms with van der Waals surface area (Å²) >= 11 is 0. The zero-order valence-corrected chi connectivity index (χ0v) is 13.3. The van der Waals surface area contributed by atoms with Gasteiger partial charge in [-0.05, 0) is 41.5 Å². The number of rotatable bonds is 5. The van der Waals surface area contributed by atoms with E-state index in [2.05, 4.69) is 0 Å². The van der Waals surface area contributed by atoms with Crippen molar-refractivity contribution in [3.8, 4) is 5.75 Å². The molecule has 1 saturated heterocycles. The molecule has 1 aliphatic rings. The Morgan fingerprint density at radius 2 is 1.83 bits per heavy atom. The first-order chi connectivity index (χ1) is 11.7. The number of nitrogens with zero attached hydrogens (tertiary/aromatic N) is 1. The number of aliphatic hydroxyl groups is 2. The zero-order valence-electron chi connectivity index (χ0n) is 13.3. The Morgan fingerprint density at radius 3 is 2.46 bits per heavy atom. The monoisotopic (exact) mass is 325 g/mol. The molecule has 2 N–H and O–H groups in total. The lowest BCUT2D eigenvalue weighted by Gasteiger charge is -2.42. The summed E-state index contributed by atoms with van der Waals surface area (Å²) in [6.07, 6.45) is 1.74. The normalized spacial score (nSPS) is 18.6. The molecule has 5 heteroatoms. The van der Waals surface area contributed by atoms with E-state index < -0.39 is 6.04 Å². The Kier molecular flexibility index (Phi) is 4.64. The van der Waals surface area contributed by atoms with Gasteiger partial charge in [0.25, 0.3) is 5.91 Å². The van der Waals surface area contributed by atoms with E-state index in [1.807, 2.05) is 24.3 Å². The summed E-state index contributed by atoms with van der Waals surface area (Å²) in [4.78, 5) is 14.1. The van der Waals surface area contributed by atoms with Crippen LogP contribution in [0.3, 0.4) is 0 Å². The molecule has 1 atom stereocenters. The smallest absolute Gasteiger partial charge is 0.257 e. The van der Waals surface area contributed by atoms with Gasteiger partial charge in [-0.25, -0.2) is 0 Å². The molecule has 0 saturated carbocycles. The number of aliphatic hydroxyl groups excluding tert-OH is 2. The summed E-state index contributed by atoms with van der Waals surface area (Å²) in [7, 11) is 1.58. The second kappa shape index (κ2) is 6.86. The lowest BCUT2D eigenvalue weighted by Crippen LogP contribution is -2.57. The maximum absolute atomic E-state index is 12.5. The van der Waals surface area contributed by atoms with Crippen LogP contribution in [0.1, 0.15) is 11.1 Å². The number of carbonyl (C=O) groups is 1. The number of hydrogen-bond donors (Lipinski definition) is 2. The largest absolute Gasteiger partial charge is 0.497 e. The minimum atomic E-state index is -0.391. The van der Waals surface area contributed by atoms with Crippen molar-refractivity contribution >= 4 is 17.7 Å². The molecule has 1 aliphatic heterocycles. The van der Waals surface area contributed by atoms with Crippen LogP contribution in [0.25, 0.3) is 6.08 Å². The summed E-state index contributed by atoms with van der Waals surface area (Å²) in [5.74, 6) is 0.562. The van der Waals surface area contributed by atoms with Gasteiger partial charge in [-0.15, -0.1) is 0 Å². The van der Waals surface area contributed by atoms with E-state index in [0.29, 0.717) is 17.0 Å². The number of ether oxygens (including phenoxy) is 1. The molecule has 1 heterocycles. The molecule has 0 bridgehead atoms. The van der Waals surface area contributed by atoms with Gasteiger partial charge in [-0.3, -0.25) is 9.69 Å². The molecule has 2 aromatic rings. The molecule has 0 aliphatic carbocycles. The van der Waals surface area contributed by atoms with E-state index in [9.17, 15) is 15.0 Å². The Bertz CT molecular complexity index is 767. The number of anilines is 1. The van der Waals surface area contributed by atoms with Crippen LogP contribution in [0, 0.1) is 0 Å². The first kappa shape index (κ1) is 16.2. The molecule has 0 aromatic heterocycles. The standard InChI is InChI=1S/C19H19NO4/c1-24-16-8-6-15(7-9-16)20-18(12-22)17(19(20)23)10-13-4-2-3-5-14(13)11-21/h2-10,18,21-22H,11-12H2,1H3/b17-10-/t18-/m0/s1. The number of benzene rings is 2. The van der Waals surface area contributed by atoms with Gasteiger partial charge in [0, 0.05) is 11.3 Å². The predicted molar refractivity (Wildman–Crippen MR) is 91.7 cm³/mol. The van der Waals surface area contributed by atoms with Crippen LogP contribution < -0.4 is 9.64 Å². The van der Waals surface area contributed by atoms with Gasteiger partial charge in [0.1, 0.15) is 5.75 Å². The van der Waals surface area contributed by atoms with E-state index in [1.54, 1.807) is 42.4 Å². The van der Waals surface area contributed by atoms with Crippen molar-refractivity contribution in [1.29, 1.82) is 0 Å². The number of methoxy groups -OCH3 is 1. The maximum atomic E-state index is 12.5. The van der Waals surface area contributed by atoms with Crippen LogP contribution in [0.2, 0.25) is 0 Å². The summed E-state index contributed by atoms with van der Waals surface area (Å²) in [6, 6.07) is 14.1. The quantitative estimate of drug-likeness (QED) is 0.651. The highest BCUT2D eigenvalue weighted by molar-refractivity contribution is 6.17. The van der Waals surface area contributed by atoms with E-state index in [1.165, 1.54) is 0 Å². The summed E-state index contributed by atoms with van der Waals surface area (Å²) < 4.78 is 5.12. The molecular weight excluding hydrogens is 306 g/mol. The van der Waals surface area contributed by atoms with E-state index >= 15 is 0 Å². The molecule has 3 rings (SSSR count). The molecule has 1 amide bonds. The van der Waals surface area contributed by atoms with Gasteiger partial charge in [-0.2, -0.15) is 0 Å². The molecule has 5 nitrogen and oxygen atoms in total. The Morgan fingerprint density at radius 1 is 1.12 bits per heavy atom. The molecule has 0 radical (unpaired) electrons. The number of hydrogen-bond acceptors (Lipinski definition) is 4. The molecule has 124 valence electrons. The predicted octanol–water partition coefficient (Wildman–Crippen LogP) is 1.98. The van der Waals surface area contributed by atoms with Crippen LogP contribution in [0.5, 0.6) is 5.75 Å². The van der Waals surface area contributed by atoms with Crippen molar-refractivity contribution in [3.63, 3.8) is 0 Å². The van der Waals surface area contributed by atoms with Crippen molar-refractivity contribution in [2.45, 2.75) is 12.6 Å². The first-order valence-corrected chi connectivity index (χ1v) is 7.68. The van der Waals surface area contributed by atoms with Crippen molar-refractivity contribution in [2.24, 2.45) is 0 Å². The van der Waals surface area contributed by atoms with Gasteiger partial charge in [0.05, 0.1) is 26.4 Å². The molecule has 0 unspecified atom stereocenters. The summed E-state index contributed by atoms with van der Waals surface area (Å²) in [5.41, 5.74) is 2.79. The van der Waals surface area contributed by atoms with E-state index in [-0.39, 0.29) is 19.1 Å². The fraction of sp³-hybridized carbons (Fsp3) is 0.211. The second-order valence-electron chi connectivity index (χ2n) is 5.53. The summed E-state index contributed by atoms with van der Waals surface area (Å²) in [6.45, 7) is -0.259. The average molecular weight is 325 g/mol. The van der Waals surface area contributed by atoms with Crippen LogP contribution in [0.15, 0.2) is 54.1 Å². The third kappa shape index (κ3) is 2.79. The van der Waals surface area contributed by atoms with Crippen molar-refractivity contribution < 1.29 is 19.7 Å². The highest BCUT2D eigenvalue weighted by atomic mass is 16.5. The Labute approximate surface area is 140 Å². The van der Waals surface area contributed by atoms with Gasteiger partial charge in [0.15, 0.2) is 0 Å². The van der Waals surface area contributed by atoms with Crippen LogP contribution >= 0.6 is 0 Å². The van der Waals surface area contributed by atoms with Gasteiger partial charge in [0.2, 0.25) is 0 Å². The van der Waals surface area contributed by atoms with Gasteiger partial charge < -0.3 is 14.9 Å². The second-order valence-corrected chi connectivity index (χ2v) is 5.53. The summed E-state index contributed by atoms with van der Waals surface area (Å²) in [5, 5.41) is 19.1. The number of β-lactam (4-membered cyclic amide) rings is 1. The zero-order chi connectivity index (χ0) is 17.1. The first-order valence-electron chi connectivity index (χ1n) is 7.68. The third-order valence-electron chi connectivity index (χ3n) is 4.20. The lowest BCUT2D eigenvalue weighted by molar-refractivity contribution is -0.119. The topological polar surface area (TPSA) is 70.0 Å². The number of carbonyl (C=O) groups excluding carboxylic acids is 1. The van der Waals surface area contributed by atoms with Crippen LogP contribution in [-0.2, 0) is 11.4 Å². The molecule has 0 spiro atoms. The minimum Gasteiger partial charge on any atom is -0.497 e. The highest BCUT2D eigenvalue weighted by Crippen LogP contribution is 2.34. The average Bonchev–Trinajstić information content (AvgIpc) is 2.64. The molecular formula is C19H19NO4. The van der Waals surface area contributed by atoms with E-state index in [0.717, 1.165) is 11.1 Å². The van der Waals surface area contributed by atoms with E-state index in [4.69, 9.17) is 4.74 Å². The highest BCUT2D eigenvalue weighted by Gasteiger charge is 2.42. The Hall–Kier alpha value is -2.63. The fourth-order valence-electron chi connectivity index (χ4n) is 2.86. The molecule has 24 heavy (non-hydrogen) atoms. The lowest BCUT2D eigenvalue weighted by atomic mass is 9.91. The molecule has 2 aromatic carbocycles. The third-order valence-corrected chi connectivity index (χ3v) is 4.20. The minimum absolute atomic E-state index is 0.0971. The number of amides is 1. The SMILES string of the molecule is COc1ccc(N2C(=O)/C(=C\c3ccccc3CO)[C@@H]2CO)cc1. The maximum Gasteiger partial charge on any atom is 0.257 e. The molecule has 1 fully saturated rings. The van der Waals surface area contributed by atoms with Crippen LogP contribution in [-0.4, -0.2) is 35.9 Å². The van der Waals surface area contributed by atoms with Crippen molar-refractivity contribution in [2.75, 3.05) is 18.6 Å². The Balaban J connectivity index is 1.89.